The molecule has 0 aromatic heterocycles. The second-order valence-corrected chi connectivity index (χ2v) is 5.40. The van der Waals surface area contributed by atoms with Crippen LogP contribution in [0.15, 0.2) is 48.5 Å². The molecule has 2 heteroatoms. The first kappa shape index (κ1) is 10.8. The van der Waals surface area contributed by atoms with E-state index in [1.807, 2.05) is 12.1 Å². The molecule has 1 heterocycles. The van der Waals surface area contributed by atoms with Crippen molar-refractivity contribution in [3.05, 3.63) is 65.2 Å². The summed E-state index contributed by atoms with van der Waals surface area (Å²) in [6, 6.07) is 16.7. The van der Waals surface area contributed by atoms with Gasteiger partial charge in [-0.25, -0.2) is 0 Å². The van der Waals surface area contributed by atoms with Crippen LogP contribution in [-0.2, 0) is 11.2 Å². The summed E-state index contributed by atoms with van der Waals surface area (Å²) in [5.74, 6) is 0.498. The van der Waals surface area contributed by atoms with Gasteiger partial charge in [-0.2, -0.15) is 0 Å². The second kappa shape index (κ2) is 3.95. The summed E-state index contributed by atoms with van der Waals surface area (Å²) < 4.78 is 0. The molecule has 0 spiro atoms. The highest BCUT2D eigenvalue weighted by atomic mass is 16.2. The molecule has 2 unspecified atom stereocenters. The molecule has 4 rings (SSSR count). The normalized spacial score (nSPS) is 23.9. The van der Waals surface area contributed by atoms with Gasteiger partial charge < -0.3 is 5.32 Å². The lowest BCUT2D eigenvalue weighted by Crippen LogP contribution is -2.37. The summed E-state index contributed by atoms with van der Waals surface area (Å²) in [4.78, 5) is 12.3. The molecule has 2 nitrogen and oxygen atoms in total. The molecule has 94 valence electrons. The van der Waals surface area contributed by atoms with Crippen LogP contribution in [0.4, 0.5) is 5.69 Å². The molecule has 0 radical (unpaired) electrons. The minimum Gasteiger partial charge on any atom is -0.326 e. The van der Waals surface area contributed by atoms with E-state index >= 15 is 0 Å². The molecule has 19 heavy (non-hydrogen) atoms. The van der Waals surface area contributed by atoms with Crippen molar-refractivity contribution in [1.29, 1.82) is 0 Å². The van der Waals surface area contributed by atoms with Crippen molar-refractivity contribution in [3.8, 4) is 0 Å². The van der Waals surface area contributed by atoms with Gasteiger partial charge in [0.2, 0.25) is 5.91 Å². The minimum absolute atomic E-state index is 0.0878. The second-order valence-electron chi connectivity index (χ2n) is 5.40. The lowest BCUT2D eigenvalue weighted by molar-refractivity contribution is -0.121. The molecule has 1 aliphatic carbocycles. The van der Waals surface area contributed by atoms with Crippen molar-refractivity contribution in [2.75, 3.05) is 5.32 Å². The van der Waals surface area contributed by atoms with Gasteiger partial charge in [-0.15, -0.1) is 0 Å². The zero-order valence-electron chi connectivity index (χ0n) is 10.6. The number of anilines is 1. The third-order valence-electron chi connectivity index (χ3n) is 4.41. The van der Waals surface area contributed by atoms with E-state index in [1.165, 1.54) is 16.7 Å². The van der Waals surface area contributed by atoms with Gasteiger partial charge in [0.05, 0.1) is 0 Å². The molecule has 0 bridgehead atoms. The van der Waals surface area contributed by atoms with Crippen LogP contribution in [-0.4, -0.2) is 5.91 Å². The summed E-state index contributed by atoms with van der Waals surface area (Å²) in [7, 11) is 0. The number of nitrogens with one attached hydrogen (secondary N) is 1. The van der Waals surface area contributed by atoms with Crippen LogP contribution in [0.2, 0.25) is 0 Å². The van der Waals surface area contributed by atoms with Gasteiger partial charge in [0.25, 0.3) is 0 Å². The topological polar surface area (TPSA) is 29.1 Å². The zero-order chi connectivity index (χ0) is 12.8. The first-order valence-corrected chi connectivity index (χ1v) is 6.82. The van der Waals surface area contributed by atoms with Gasteiger partial charge >= 0.3 is 0 Å². The van der Waals surface area contributed by atoms with Crippen LogP contribution < -0.4 is 5.32 Å². The molecular weight excluding hydrogens is 234 g/mol. The lowest BCUT2D eigenvalue weighted by Gasteiger charge is -2.37. The van der Waals surface area contributed by atoms with E-state index in [2.05, 4.69) is 41.7 Å². The Kier molecular flexibility index (Phi) is 2.25. The van der Waals surface area contributed by atoms with Crippen LogP contribution in [0.1, 0.15) is 29.0 Å². The van der Waals surface area contributed by atoms with E-state index in [4.69, 9.17) is 0 Å². The summed E-state index contributed by atoms with van der Waals surface area (Å²) in [6.45, 7) is 0. The van der Waals surface area contributed by atoms with E-state index in [-0.39, 0.29) is 17.7 Å². The monoisotopic (exact) mass is 249 g/mol. The van der Waals surface area contributed by atoms with Crippen molar-refractivity contribution in [2.45, 2.75) is 18.8 Å². The SMILES string of the molecule is O=C1Nc2ccccc2C2c3ccccc3CCC12. The highest BCUT2D eigenvalue weighted by Gasteiger charge is 2.39. The third kappa shape index (κ3) is 1.53. The number of rotatable bonds is 0. The molecule has 0 fully saturated rings. The predicted octanol–water partition coefficient (Wildman–Crippen LogP) is 3.33. The van der Waals surface area contributed by atoms with Crippen molar-refractivity contribution in [1.82, 2.24) is 0 Å². The standard InChI is InChI=1S/C17H15NO/c19-17-14-10-9-11-5-1-2-6-12(11)16(14)13-7-3-4-8-15(13)18-17/h1-8,14,16H,9-10H2,(H,18,19). The average molecular weight is 249 g/mol. The van der Waals surface area contributed by atoms with Crippen molar-refractivity contribution >= 4 is 11.6 Å². The number of benzene rings is 2. The van der Waals surface area contributed by atoms with Crippen molar-refractivity contribution in [2.24, 2.45) is 5.92 Å². The average Bonchev–Trinajstić information content (AvgIpc) is 2.47. The molecule has 1 N–H and O–H groups in total. The Morgan fingerprint density at radius 2 is 1.68 bits per heavy atom. The molecule has 2 aromatic carbocycles. The molecule has 2 aliphatic rings. The van der Waals surface area contributed by atoms with Gasteiger partial charge in [0.15, 0.2) is 0 Å². The Balaban J connectivity index is 1.95. The molecular formula is C17H15NO. The van der Waals surface area contributed by atoms with E-state index in [1.54, 1.807) is 0 Å². The number of amides is 1. The number of aryl methyl sites for hydroxylation is 1. The van der Waals surface area contributed by atoms with Gasteiger partial charge in [0, 0.05) is 17.5 Å². The number of fused-ring (bicyclic) bond motifs is 5. The van der Waals surface area contributed by atoms with Crippen molar-refractivity contribution in [3.63, 3.8) is 0 Å². The van der Waals surface area contributed by atoms with E-state index in [0.717, 1.165) is 18.5 Å². The van der Waals surface area contributed by atoms with Gasteiger partial charge in [-0.1, -0.05) is 42.5 Å². The van der Waals surface area contributed by atoms with Crippen LogP contribution in [0.25, 0.3) is 0 Å². The Morgan fingerprint density at radius 1 is 0.947 bits per heavy atom. The zero-order valence-corrected chi connectivity index (χ0v) is 10.6. The Bertz CT molecular complexity index is 662. The number of carbonyl (C=O) groups is 1. The predicted molar refractivity (Wildman–Crippen MR) is 75.2 cm³/mol. The molecule has 2 atom stereocenters. The van der Waals surface area contributed by atoms with Crippen LogP contribution in [0.3, 0.4) is 0 Å². The number of hydrogen-bond donors (Lipinski definition) is 1. The van der Waals surface area contributed by atoms with Crippen molar-refractivity contribution < 1.29 is 4.79 Å². The maximum atomic E-state index is 12.3. The first-order valence-electron chi connectivity index (χ1n) is 6.82. The Morgan fingerprint density at radius 3 is 2.58 bits per heavy atom. The minimum atomic E-state index is 0.0878. The number of carbonyl (C=O) groups excluding carboxylic acids is 1. The summed E-state index contributed by atoms with van der Waals surface area (Å²) in [6.07, 6.45) is 1.95. The first-order chi connectivity index (χ1) is 9.34. The molecule has 1 aliphatic heterocycles. The van der Waals surface area contributed by atoms with Gasteiger partial charge in [-0.3, -0.25) is 4.79 Å². The Labute approximate surface area is 112 Å². The quantitative estimate of drug-likeness (QED) is 0.762. The summed E-state index contributed by atoms with van der Waals surface area (Å²) in [5, 5.41) is 3.05. The molecule has 1 amide bonds. The highest BCUT2D eigenvalue weighted by molar-refractivity contribution is 5.97. The fourth-order valence-electron chi connectivity index (χ4n) is 3.53. The van der Waals surface area contributed by atoms with E-state index < -0.39 is 0 Å². The van der Waals surface area contributed by atoms with E-state index in [0.29, 0.717) is 0 Å². The van der Waals surface area contributed by atoms with Crippen LogP contribution in [0.5, 0.6) is 0 Å². The summed E-state index contributed by atoms with van der Waals surface area (Å²) >= 11 is 0. The maximum absolute atomic E-state index is 12.3. The fraction of sp³-hybridized carbons (Fsp3) is 0.235. The summed E-state index contributed by atoms with van der Waals surface area (Å²) in [5.41, 5.74) is 4.97. The van der Waals surface area contributed by atoms with Crippen LogP contribution in [0, 0.1) is 5.92 Å². The lowest BCUT2D eigenvalue weighted by atomic mass is 9.69. The maximum Gasteiger partial charge on any atom is 0.228 e. The molecule has 2 aromatic rings. The number of para-hydroxylation sites is 1. The van der Waals surface area contributed by atoms with E-state index in [9.17, 15) is 4.79 Å². The Hall–Kier alpha value is -2.09. The smallest absolute Gasteiger partial charge is 0.228 e. The van der Waals surface area contributed by atoms with Gasteiger partial charge in [-0.05, 0) is 35.6 Å². The molecule has 0 saturated heterocycles. The largest absolute Gasteiger partial charge is 0.326 e. The van der Waals surface area contributed by atoms with Gasteiger partial charge in [0.1, 0.15) is 0 Å². The number of hydrogen-bond acceptors (Lipinski definition) is 1. The highest BCUT2D eigenvalue weighted by Crippen LogP contribution is 2.46. The van der Waals surface area contributed by atoms with Crippen LogP contribution >= 0.6 is 0 Å². The molecule has 0 saturated carbocycles. The third-order valence-corrected chi connectivity index (χ3v) is 4.41. The fourth-order valence-corrected chi connectivity index (χ4v) is 3.53.